The number of ether oxygens (including phenoxy) is 1. The number of rotatable bonds is 4. The highest BCUT2D eigenvalue weighted by Gasteiger charge is 2.33. The lowest BCUT2D eigenvalue weighted by molar-refractivity contribution is -0.153. The SMILES string of the molecule is CC(C)(C)C1CCC(C(=O)OCC(=O)Nc2ncc(C(F)(F)F)cc2Cl)CC1. The third-order valence-electron chi connectivity index (χ3n) is 5.06. The standard InChI is InChI=1S/C19H24ClF3N2O3/c1-18(2,3)12-6-4-11(5-7-12)17(27)28-10-15(26)25-16-14(20)8-13(9-24-16)19(21,22)23/h8-9,11-12H,4-7,10H2,1-3H3,(H,24,25,26). The van der Waals surface area contributed by atoms with Crippen LogP contribution in [0.3, 0.4) is 0 Å². The van der Waals surface area contributed by atoms with Crippen molar-refractivity contribution in [3.05, 3.63) is 22.8 Å². The third kappa shape index (κ3) is 6.09. The highest BCUT2D eigenvalue weighted by molar-refractivity contribution is 6.33. The maximum absolute atomic E-state index is 12.6. The first kappa shape index (κ1) is 22.5. The minimum atomic E-state index is -4.58. The van der Waals surface area contributed by atoms with E-state index in [1.165, 1.54) is 0 Å². The van der Waals surface area contributed by atoms with Crippen molar-refractivity contribution in [2.24, 2.45) is 17.3 Å². The zero-order valence-corrected chi connectivity index (χ0v) is 16.8. The van der Waals surface area contributed by atoms with Gasteiger partial charge in [0.1, 0.15) is 0 Å². The summed E-state index contributed by atoms with van der Waals surface area (Å²) in [5.74, 6) is -1.06. The fourth-order valence-electron chi connectivity index (χ4n) is 3.30. The van der Waals surface area contributed by atoms with Crippen LogP contribution in [0.5, 0.6) is 0 Å². The summed E-state index contributed by atoms with van der Waals surface area (Å²) in [6.07, 6.45) is -0.716. The van der Waals surface area contributed by atoms with E-state index in [9.17, 15) is 22.8 Å². The minimum absolute atomic E-state index is 0.197. The fourth-order valence-corrected chi connectivity index (χ4v) is 3.52. The molecule has 2 rings (SSSR count). The molecule has 0 saturated heterocycles. The highest BCUT2D eigenvalue weighted by atomic mass is 35.5. The Hall–Kier alpha value is -1.83. The van der Waals surface area contributed by atoms with Crippen LogP contribution in [0, 0.1) is 17.3 Å². The van der Waals surface area contributed by atoms with Gasteiger partial charge in [-0.15, -0.1) is 0 Å². The summed E-state index contributed by atoms with van der Waals surface area (Å²) in [6, 6.07) is 0.670. The second-order valence-electron chi connectivity index (χ2n) is 8.12. The smallest absolute Gasteiger partial charge is 0.417 e. The Morgan fingerprint density at radius 1 is 1.21 bits per heavy atom. The van der Waals surface area contributed by atoms with Gasteiger partial charge in [0.25, 0.3) is 5.91 Å². The Morgan fingerprint density at radius 3 is 2.32 bits per heavy atom. The van der Waals surface area contributed by atoms with Crippen LogP contribution in [0.2, 0.25) is 5.02 Å². The topological polar surface area (TPSA) is 68.3 Å². The minimum Gasteiger partial charge on any atom is -0.455 e. The van der Waals surface area contributed by atoms with E-state index >= 15 is 0 Å². The van der Waals surface area contributed by atoms with Crippen LogP contribution >= 0.6 is 11.6 Å². The van der Waals surface area contributed by atoms with Gasteiger partial charge in [-0.25, -0.2) is 4.98 Å². The molecule has 1 amide bonds. The predicted octanol–water partition coefficient (Wildman–Crippen LogP) is 5.09. The number of anilines is 1. The first-order chi connectivity index (χ1) is 12.9. The monoisotopic (exact) mass is 420 g/mol. The molecule has 0 aromatic carbocycles. The first-order valence-electron chi connectivity index (χ1n) is 9.07. The van der Waals surface area contributed by atoms with Crippen molar-refractivity contribution >= 4 is 29.3 Å². The number of esters is 1. The van der Waals surface area contributed by atoms with Crippen molar-refractivity contribution in [1.82, 2.24) is 4.98 Å². The number of carbonyl (C=O) groups excluding carboxylic acids is 2. The average molecular weight is 421 g/mol. The number of halogens is 4. The number of pyridine rings is 1. The molecule has 156 valence electrons. The van der Waals surface area contributed by atoms with Crippen molar-refractivity contribution in [2.75, 3.05) is 11.9 Å². The molecule has 1 aliphatic carbocycles. The van der Waals surface area contributed by atoms with Crippen LogP contribution in [0.1, 0.15) is 52.0 Å². The lowest BCUT2D eigenvalue weighted by Crippen LogP contribution is -2.31. The number of alkyl halides is 3. The maximum Gasteiger partial charge on any atom is 0.417 e. The summed E-state index contributed by atoms with van der Waals surface area (Å²) in [7, 11) is 0. The zero-order valence-electron chi connectivity index (χ0n) is 16.0. The highest BCUT2D eigenvalue weighted by Crippen LogP contribution is 2.40. The summed E-state index contributed by atoms with van der Waals surface area (Å²) in [6.45, 7) is 6.00. The number of hydrogen-bond acceptors (Lipinski definition) is 4. The van der Waals surface area contributed by atoms with Crippen LogP contribution in [-0.2, 0) is 20.5 Å². The van der Waals surface area contributed by atoms with E-state index in [4.69, 9.17) is 16.3 Å². The van der Waals surface area contributed by atoms with Crippen LogP contribution in [0.25, 0.3) is 0 Å². The summed E-state index contributed by atoms with van der Waals surface area (Å²) in [4.78, 5) is 27.6. The van der Waals surface area contributed by atoms with Gasteiger partial charge in [0.2, 0.25) is 0 Å². The third-order valence-corrected chi connectivity index (χ3v) is 5.35. The summed E-state index contributed by atoms with van der Waals surface area (Å²) >= 11 is 5.73. The quantitative estimate of drug-likeness (QED) is 0.689. The Kier molecular flexibility index (Phi) is 6.96. The van der Waals surface area contributed by atoms with Crippen LogP contribution in [0.15, 0.2) is 12.3 Å². The number of nitrogens with zero attached hydrogens (tertiary/aromatic N) is 1. The Balaban J connectivity index is 1.82. The van der Waals surface area contributed by atoms with E-state index in [0.717, 1.165) is 12.8 Å². The molecule has 28 heavy (non-hydrogen) atoms. The van der Waals surface area contributed by atoms with Gasteiger partial charge in [0.15, 0.2) is 12.4 Å². The van der Waals surface area contributed by atoms with E-state index in [2.05, 4.69) is 31.1 Å². The molecule has 1 N–H and O–H groups in total. The van der Waals surface area contributed by atoms with E-state index in [1.807, 2.05) is 0 Å². The fraction of sp³-hybridized carbons (Fsp3) is 0.632. The molecule has 1 aromatic rings. The molecule has 5 nitrogen and oxygen atoms in total. The number of nitrogens with one attached hydrogen (secondary N) is 1. The number of carbonyl (C=O) groups is 2. The predicted molar refractivity (Wildman–Crippen MR) is 98.7 cm³/mol. The number of aromatic nitrogens is 1. The van der Waals surface area contributed by atoms with Gasteiger partial charge in [-0.2, -0.15) is 13.2 Å². The van der Waals surface area contributed by atoms with Gasteiger partial charge in [0, 0.05) is 6.20 Å². The molecule has 0 spiro atoms. The summed E-state index contributed by atoms with van der Waals surface area (Å²) in [5, 5.41) is 1.90. The van der Waals surface area contributed by atoms with Crippen molar-refractivity contribution in [2.45, 2.75) is 52.6 Å². The van der Waals surface area contributed by atoms with Crippen molar-refractivity contribution < 1.29 is 27.5 Å². The molecule has 1 fully saturated rings. The largest absolute Gasteiger partial charge is 0.455 e. The van der Waals surface area contributed by atoms with Crippen molar-refractivity contribution in [3.8, 4) is 0 Å². The lowest BCUT2D eigenvalue weighted by atomic mass is 9.70. The second kappa shape index (κ2) is 8.68. The Labute approximate surface area is 167 Å². The Bertz CT molecular complexity index is 724. The second-order valence-corrected chi connectivity index (χ2v) is 8.53. The van der Waals surface area contributed by atoms with Gasteiger partial charge >= 0.3 is 12.1 Å². The Morgan fingerprint density at radius 2 is 1.82 bits per heavy atom. The van der Waals surface area contributed by atoms with E-state index < -0.39 is 30.2 Å². The molecular weight excluding hydrogens is 397 g/mol. The van der Waals surface area contributed by atoms with Crippen LogP contribution in [0.4, 0.5) is 19.0 Å². The molecule has 1 aromatic heterocycles. The molecule has 0 atom stereocenters. The maximum atomic E-state index is 12.6. The van der Waals surface area contributed by atoms with Gasteiger partial charge in [-0.1, -0.05) is 32.4 Å². The number of amides is 1. The van der Waals surface area contributed by atoms with Crippen LogP contribution in [-0.4, -0.2) is 23.5 Å². The average Bonchev–Trinajstić information content (AvgIpc) is 2.60. The van der Waals surface area contributed by atoms with Gasteiger partial charge in [-0.3, -0.25) is 9.59 Å². The molecule has 1 aliphatic rings. The lowest BCUT2D eigenvalue weighted by Gasteiger charge is -2.36. The van der Waals surface area contributed by atoms with Gasteiger partial charge < -0.3 is 10.1 Å². The van der Waals surface area contributed by atoms with E-state index in [0.29, 0.717) is 31.0 Å². The molecule has 9 heteroatoms. The van der Waals surface area contributed by atoms with E-state index in [1.54, 1.807) is 0 Å². The van der Waals surface area contributed by atoms with Crippen molar-refractivity contribution in [1.29, 1.82) is 0 Å². The molecule has 1 heterocycles. The summed E-state index contributed by atoms with van der Waals surface area (Å²) < 4.78 is 42.8. The van der Waals surface area contributed by atoms with Gasteiger partial charge in [-0.05, 0) is 43.1 Å². The van der Waals surface area contributed by atoms with Crippen LogP contribution < -0.4 is 5.32 Å². The van der Waals surface area contributed by atoms with Crippen molar-refractivity contribution in [3.63, 3.8) is 0 Å². The molecule has 0 unspecified atom stereocenters. The zero-order chi connectivity index (χ0) is 21.1. The number of hydrogen-bond donors (Lipinski definition) is 1. The molecule has 1 saturated carbocycles. The van der Waals surface area contributed by atoms with Gasteiger partial charge in [0.05, 0.1) is 16.5 Å². The normalized spacial score (nSPS) is 20.5. The van der Waals surface area contributed by atoms with E-state index in [-0.39, 0.29) is 22.2 Å². The summed E-state index contributed by atoms with van der Waals surface area (Å²) in [5.41, 5.74) is -0.823. The molecule has 0 radical (unpaired) electrons. The molecule has 0 aliphatic heterocycles. The molecular formula is C19H24ClF3N2O3. The molecule has 0 bridgehead atoms. The first-order valence-corrected chi connectivity index (χ1v) is 9.45.